The zero-order valence-corrected chi connectivity index (χ0v) is 14.8. The maximum absolute atomic E-state index is 5.29. The van der Waals surface area contributed by atoms with Gasteiger partial charge in [-0.1, -0.05) is 6.07 Å². The average molecular weight is 336 g/mol. The fourth-order valence-corrected chi connectivity index (χ4v) is 3.41. The molecule has 130 valence electrons. The lowest BCUT2D eigenvalue weighted by Crippen LogP contribution is -2.43. The zero-order chi connectivity index (χ0) is 17.2. The Hall–Kier alpha value is -2.37. The van der Waals surface area contributed by atoms with Crippen LogP contribution in [0.3, 0.4) is 0 Å². The molecule has 3 heterocycles. The number of nitrogens with one attached hydrogen (secondary N) is 1. The van der Waals surface area contributed by atoms with Gasteiger partial charge in [-0.2, -0.15) is 0 Å². The van der Waals surface area contributed by atoms with E-state index in [2.05, 4.69) is 52.0 Å². The maximum Gasteiger partial charge on any atom is 0.137 e. The lowest BCUT2D eigenvalue weighted by atomic mass is 10.1. The first-order chi connectivity index (χ1) is 12.2. The van der Waals surface area contributed by atoms with Crippen LogP contribution in [-0.4, -0.2) is 47.6 Å². The van der Waals surface area contributed by atoms with Gasteiger partial charge in [0, 0.05) is 44.5 Å². The first-order valence-electron chi connectivity index (χ1n) is 8.80. The summed E-state index contributed by atoms with van der Waals surface area (Å²) in [6.45, 7) is 7.28. The number of methoxy groups -OCH3 is 1. The normalized spacial score (nSPS) is 15.6. The van der Waals surface area contributed by atoms with Crippen molar-refractivity contribution in [1.82, 2.24) is 19.6 Å². The Labute approximate surface area is 148 Å². The van der Waals surface area contributed by atoms with Gasteiger partial charge < -0.3 is 14.5 Å². The quantitative estimate of drug-likeness (QED) is 0.795. The maximum atomic E-state index is 5.29. The molecule has 0 bridgehead atoms. The second-order valence-electron chi connectivity index (χ2n) is 6.60. The number of pyridine rings is 1. The van der Waals surface area contributed by atoms with Crippen LogP contribution in [0.4, 0.5) is 0 Å². The molecule has 1 aliphatic rings. The van der Waals surface area contributed by atoms with Gasteiger partial charge >= 0.3 is 0 Å². The standard InChI is InChI=1S/C20H24N4O/c1-15-3-8-19-22-20(16-4-6-17(25-2)7-5-16)18(24(19)13-15)14-23-11-9-21-10-12-23/h3-8,13,21H,9-12,14H2,1-2H3. The monoisotopic (exact) mass is 336 g/mol. The van der Waals surface area contributed by atoms with E-state index in [9.17, 15) is 0 Å². The van der Waals surface area contributed by atoms with Gasteiger partial charge in [-0.25, -0.2) is 4.98 Å². The first-order valence-corrected chi connectivity index (χ1v) is 8.80. The highest BCUT2D eigenvalue weighted by molar-refractivity contribution is 5.67. The Morgan fingerprint density at radius 2 is 1.84 bits per heavy atom. The number of fused-ring (bicyclic) bond motifs is 1. The summed E-state index contributed by atoms with van der Waals surface area (Å²) in [6, 6.07) is 12.4. The molecule has 0 unspecified atom stereocenters. The molecule has 1 saturated heterocycles. The van der Waals surface area contributed by atoms with Crippen LogP contribution < -0.4 is 10.1 Å². The van der Waals surface area contributed by atoms with E-state index in [-0.39, 0.29) is 0 Å². The minimum absolute atomic E-state index is 0.868. The van der Waals surface area contributed by atoms with E-state index in [0.29, 0.717) is 0 Å². The van der Waals surface area contributed by atoms with Crippen molar-refractivity contribution in [3.63, 3.8) is 0 Å². The number of aryl methyl sites for hydroxylation is 1. The highest BCUT2D eigenvalue weighted by atomic mass is 16.5. The SMILES string of the molecule is COc1ccc(-c2nc3ccc(C)cn3c2CN2CCNCC2)cc1. The fourth-order valence-electron chi connectivity index (χ4n) is 3.41. The Morgan fingerprint density at radius 1 is 1.08 bits per heavy atom. The minimum Gasteiger partial charge on any atom is -0.497 e. The molecule has 25 heavy (non-hydrogen) atoms. The number of hydrogen-bond donors (Lipinski definition) is 1. The Morgan fingerprint density at radius 3 is 2.56 bits per heavy atom. The number of piperazine rings is 1. The van der Waals surface area contributed by atoms with Crippen LogP contribution in [0.1, 0.15) is 11.3 Å². The minimum atomic E-state index is 0.868. The summed E-state index contributed by atoms with van der Waals surface area (Å²) >= 11 is 0. The number of benzene rings is 1. The number of aromatic nitrogens is 2. The average Bonchev–Trinajstić information content (AvgIpc) is 3.00. The number of ether oxygens (including phenoxy) is 1. The lowest BCUT2D eigenvalue weighted by molar-refractivity contribution is 0.230. The molecule has 0 radical (unpaired) electrons. The molecule has 0 spiro atoms. The van der Waals surface area contributed by atoms with Crippen LogP contribution in [0.15, 0.2) is 42.6 Å². The molecule has 1 fully saturated rings. The van der Waals surface area contributed by atoms with Crippen molar-refractivity contribution in [3.05, 3.63) is 53.9 Å². The van der Waals surface area contributed by atoms with Gasteiger partial charge in [0.25, 0.3) is 0 Å². The van der Waals surface area contributed by atoms with E-state index in [1.165, 1.54) is 11.3 Å². The summed E-state index contributed by atoms with van der Waals surface area (Å²) in [7, 11) is 1.69. The van der Waals surface area contributed by atoms with E-state index >= 15 is 0 Å². The van der Waals surface area contributed by atoms with Crippen LogP contribution in [0.25, 0.3) is 16.9 Å². The predicted octanol–water partition coefficient (Wildman–Crippen LogP) is 2.72. The zero-order valence-electron chi connectivity index (χ0n) is 14.8. The molecular weight excluding hydrogens is 312 g/mol. The van der Waals surface area contributed by atoms with Crippen LogP contribution in [0.2, 0.25) is 0 Å². The van der Waals surface area contributed by atoms with E-state index in [1.54, 1.807) is 7.11 Å². The third-order valence-electron chi connectivity index (χ3n) is 4.81. The summed E-state index contributed by atoms with van der Waals surface area (Å²) in [4.78, 5) is 7.42. The topological polar surface area (TPSA) is 41.8 Å². The molecule has 3 aromatic rings. The second-order valence-corrected chi connectivity index (χ2v) is 6.60. The number of nitrogens with zero attached hydrogens (tertiary/aromatic N) is 3. The largest absolute Gasteiger partial charge is 0.497 e. The first kappa shape index (κ1) is 16.1. The summed E-state index contributed by atoms with van der Waals surface area (Å²) in [5.74, 6) is 0.868. The van der Waals surface area contributed by atoms with Crippen molar-refractivity contribution in [3.8, 4) is 17.0 Å². The van der Waals surface area contributed by atoms with Crippen molar-refractivity contribution in [1.29, 1.82) is 0 Å². The lowest BCUT2D eigenvalue weighted by Gasteiger charge is -2.27. The summed E-state index contributed by atoms with van der Waals surface area (Å²) in [5.41, 5.74) is 5.69. The molecule has 0 atom stereocenters. The third kappa shape index (κ3) is 3.25. The number of rotatable bonds is 4. The molecule has 5 nitrogen and oxygen atoms in total. The van der Waals surface area contributed by atoms with E-state index in [1.807, 2.05) is 12.1 Å². The highest BCUT2D eigenvalue weighted by Crippen LogP contribution is 2.27. The highest BCUT2D eigenvalue weighted by Gasteiger charge is 2.18. The molecule has 2 aromatic heterocycles. The Kier molecular flexibility index (Phi) is 4.42. The van der Waals surface area contributed by atoms with Gasteiger partial charge in [-0.3, -0.25) is 4.90 Å². The second kappa shape index (κ2) is 6.86. The summed E-state index contributed by atoms with van der Waals surface area (Å²) in [5, 5.41) is 3.42. The molecule has 0 saturated carbocycles. The molecule has 1 aromatic carbocycles. The molecule has 4 rings (SSSR count). The van der Waals surface area contributed by atoms with Gasteiger partial charge in [0.1, 0.15) is 11.4 Å². The fraction of sp³-hybridized carbons (Fsp3) is 0.350. The number of hydrogen-bond acceptors (Lipinski definition) is 4. The van der Waals surface area contributed by atoms with Crippen LogP contribution in [-0.2, 0) is 6.54 Å². The molecule has 0 amide bonds. The van der Waals surface area contributed by atoms with Crippen molar-refractivity contribution in [2.75, 3.05) is 33.3 Å². The van der Waals surface area contributed by atoms with Crippen LogP contribution >= 0.6 is 0 Å². The molecular formula is C20H24N4O. The van der Waals surface area contributed by atoms with Crippen molar-refractivity contribution >= 4 is 5.65 Å². The molecule has 5 heteroatoms. The smallest absolute Gasteiger partial charge is 0.137 e. The van der Waals surface area contributed by atoms with E-state index in [0.717, 1.165) is 55.4 Å². The number of imidazole rings is 1. The van der Waals surface area contributed by atoms with Gasteiger partial charge in [-0.05, 0) is 42.8 Å². The molecule has 0 aliphatic carbocycles. The molecule has 1 N–H and O–H groups in total. The summed E-state index contributed by atoms with van der Waals surface area (Å²) < 4.78 is 7.54. The van der Waals surface area contributed by atoms with Gasteiger partial charge in [0.2, 0.25) is 0 Å². The molecule has 1 aliphatic heterocycles. The Bertz CT molecular complexity index is 863. The van der Waals surface area contributed by atoms with E-state index < -0.39 is 0 Å². The summed E-state index contributed by atoms with van der Waals surface area (Å²) in [6.07, 6.45) is 2.19. The predicted molar refractivity (Wildman–Crippen MR) is 100 cm³/mol. The van der Waals surface area contributed by atoms with Crippen LogP contribution in [0.5, 0.6) is 5.75 Å². The van der Waals surface area contributed by atoms with Crippen molar-refractivity contribution in [2.45, 2.75) is 13.5 Å². The van der Waals surface area contributed by atoms with Crippen molar-refractivity contribution < 1.29 is 4.74 Å². The van der Waals surface area contributed by atoms with Gasteiger partial charge in [-0.15, -0.1) is 0 Å². The van der Waals surface area contributed by atoms with Gasteiger partial charge in [0.15, 0.2) is 0 Å². The Balaban J connectivity index is 1.79. The van der Waals surface area contributed by atoms with Crippen LogP contribution in [0, 0.1) is 6.92 Å². The van der Waals surface area contributed by atoms with Crippen molar-refractivity contribution in [2.24, 2.45) is 0 Å². The van der Waals surface area contributed by atoms with Gasteiger partial charge in [0.05, 0.1) is 18.5 Å². The van der Waals surface area contributed by atoms with E-state index in [4.69, 9.17) is 9.72 Å². The third-order valence-corrected chi connectivity index (χ3v) is 4.81.